The molecule has 3 heterocycles. The summed E-state index contributed by atoms with van der Waals surface area (Å²) < 4.78 is 8.40. The highest BCUT2D eigenvalue weighted by molar-refractivity contribution is 9.11. The van der Waals surface area contributed by atoms with Crippen molar-refractivity contribution in [2.75, 3.05) is 0 Å². The fourth-order valence-corrected chi connectivity index (χ4v) is 5.34. The summed E-state index contributed by atoms with van der Waals surface area (Å²) in [6, 6.07) is 9.90. The summed E-state index contributed by atoms with van der Waals surface area (Å²) in [7, 11) is 0. The molecule has 0 aliphatic rings. The largest absolute Gasteiger partial charge is 0.487 e. The number of carboxylic acids is 1. The molecule has 3 aromatic heterocycles. The number of nitrogens with zero attached hydrogens (tertiary/aromatic N) is 2. The smallest absolute Gasteiger partial charge is 0.309 e. The molecule has 0 fully saturated rings. The zero-order chi connectivity index (χ0) is 28.7. The molecule has 0 spiro atoms. The van der Waals surface area contributed by atoms with Gasteiger partial charge in [-0.05, 0) is 72.1 Å². The van der Waals surface area contributed by atoms with Crippen molar-refractivity contribution in [2.45, 2.75) is 47.6 Å². The molecule has 0 radical (unpaired) electrons. The minimum absolute atomic E-state index is 0.0289. The Morgan fingerprint density at radius 3 is 2.33 bits per heavy atom. The number of thiazole rings is 1. The molecule has 0 saturated heterocycles. The second kappa shape index (κ2) is 10.9. The normalized spacial score (nSPS) is 12.1. The number of pyridine rings is 1. The van der Waals surface area contributed by atoms with E-state index in [9.17, 15) is 19.5 Å². The van der Waals surface area contributed by atoms with Crippen LogP contribution in [0.2, 0.25) is 5.02 Å². The highest BCUT2D eigenvalue weighted by Crippen LogP contribution is 2.37. The first-order valence-corrected chi connectivity index (χ1v) is 14.2. The van der Waals surface area contributed by atoms with Gasteiger partial charge >= 0.3 is 5.97 Å². The first-order valence-electron chi connectivity index (χ1n) is 12.2. The quantitative estimate of drug-likeness (QED) is 0.192. The first kappa shape index (κ1) is 29.0. The van der Waals surface area contributed by atoms with Crippen LogP contribution in [0, 0.1) is 10.8 Å². The number of halogens is 2. The van der Waals surface area contributed by atoms with E-state index in [2.05, 4.69) is 20.9 Å². The molecule has 1 N–H and O–H groups in total. The molecular weight excluding hydrogens is 604 g/mol. The number of benzene rings is 1. The molecule has 0 saturated carbocycles. The van der Waals surface area contributed by atoms with Gasteiger partial charge in [-0.2, -0.15) is 0 Å². The van der Waals surface area contributed by atoms with E-state index in [1.54, 1.807) is 81.6 Å². The van der Waals surface area contributed by atoms with Gasteiger partial charge in [-0.15, -0.1) is 11.3 Å². The van der Waals surface area contributed by atoms with E-state index >= 15 is 0 Å². The van der Waals surface area contributed by atoms with Gasteiger partial charge in [0.15, 0.2) is 9.70 Å². The number of aromatic nitrogens is 2. The van der Waals surface area contributed by atoms with E-state index < -0.39 is 16.8 Å². The molecule has 0 aliphatic heterocycles. The minimum atomic E-state index is -1.25. The topological polar surface area (TPSA) is 98.0 Å². The van der Waals surface area contributed by atoms with Gasteiger partial charge < -0.3 is 14.2 Å². The molecule has 39 heavy (non-hydrogen) atoms. The average Bonchev–Trinajstić information content (AvgIpc) is 3.41. The van der Waals surface area contributed by atoms with Crippen molar-refractivity contribution in [1.29, 1.82) is 0 Å². The van der Waals surface area contributed by atoms with Crippen molar-refractivity contribution < 1.29 is 24.2 Å². The molecule has 204 valence electrons. The summed E-state index contributed by atoms with van der Waals surface area (Å²) in [5.41, 5.74) is 0.495. The van der Waals surface area contributed by atoms with Crippen LogP contribution < -0.4 is 4.74 Å². The molecule has 0 bridgehead atoms. The maximum Gasteiger partial charge on any atom is 0.309 e. The number of carbonyl (C=O) groups excluding carboxylic acids is 2. The molecule has 0 aliphatic carbocycles. The van der Waals surface area contributed by atoms with Gasteiger partial charge in [-0.25, -0.2) is 4.98 Å². The van der Waals surface area contributed by atoms with Crippen LogP contribution in [-0.2, 0) is 17.8 Å². The predicted octanol–water partition coefficient (Wildman–Crippen LogP) is 7.50. The number of fused-ring (bicyclic) bond motifs is 1. The van der Waals surface area contributed by atoms with Crippen LogP contribution in [0.1, 0.15) is 72.3 Å². The SMILES string of the molecule is CC(C)(C)C(=O)c1c(CC(C)(C)C(=O)O)c(C(=O)c2ccc(Cl)cc2)n2ccc(OCc3csc(Br)n3)cc12. The molecule has 4 rings (SSSR count). The number of rotatable bonds is 9. The lowest BCUT2D eigenvalue weighted by atomic mass is 9.79. The van der Waals surface area contributed by atoms with Gasteiger partial charge in [0.2, 0.25) is 5.78 Å². The zero-order valence-electron chi connectivity index (χ0n) is 22.2. The Balaban J connectivity index is 1.96. The number of hydrogen-bond acceptors (Lipinski definition) is 6. The Morgan fingerprint density at radius 2 is 1.77 bits per heavy atom. The van der Waals surface area contributed by atoms with E-state index in [1.807, 2.05) is 5.38 Å². The van der Waals surface area contributed by atoms with Crippen LogP contribution in [0.15, 0.2) is 51.9 Å². The molecule has 1 aromatic carbocycles. The number of ketones is 2. The minimum Gasteiger partial charge on any atom is -0.487 e. The Kier molecular flexibility index (Phi) is 8.08. The molecule has 0 unspecified atom stereocenters. The third-order valence-corrected chi connectivity index (χ3v) is 8.01. The summed E-state index contributed by atoms with van der Waals surface area (Å²) in [6.45, 7) is 8.78. The maximum absolute atomic E-state index is 14.0. The Morgan fingerprint density at radius 1 is 1.10 bits per heavy atom. The van der Waals surface area contributed by atoms with Crippen molar-refractivity contribution in [1.82, 2.24) is 9.38 Å². The van der Waals surface area contributed by atoms with Crippen LogP contribution in [0.3, 0.4) is 0 Å². The van der Waals surface area contributed by atoms with E-state index in [-0.39, 0.29) is 30.3 Å². The second-order valence-corrected chi connectivity index (χ2v) is 13.6. The third-order valence-electron chi connectivity index (χ3n) is 6.35. The summed E-state index contributed by atoms with van der Waals surface area (Å²) in [5.74, 6) is -1.09. The van der Waals surface area contributed by atoms with Crippen LogP contribution >= 0.6 is 38.9 Å². The second-order valence-electron chi connectivity index (χ2n) is 11.0. The van der Waals surface area contributed by atoms with Gasteiger partial charge in [0.1, 0.15) is 12.4 Å². The third kappa shape index (κ3) is 6.10. The van der Waals surface area contributed by atoms with Crippen LogP contribution in [0.5, 0.6) is 5.75 Å². The summed E-state index contributed by atoms with van der Waals surface area (Å²) in [4.78, 5) is 44.4. The molecule has 0 amide bonds. The van der Waals surface area contributed by atoms with E-state index in [4.69, 9.17) is 16.3 Å². The number of Topliss-reactive ketones (excluding diaryl/α,β-unsaturated/α-hetero) is 1. The molecule has 0 atom stereocenters. The van der Waals surface area contributed by atoms with Gasteiger partial charge in [-0.1, -0.05) is 32.4 Å². The lowest BCUT2D eigenvalue weighted by Crippen LogP contribution is -2.29. The Hall–Kier alpha value is -3.01. The van der Waals surface area contributed by atoms with Gasteiger partial charge in [0.05, 0.1) is 22.3 Å². The summed E-state index contributed by atoms with van der Waals surface area (Å²) in [6.07, 6.45) is 1.65. The predicted molar refractivity (Wildman–Crippen MR) is 155 cm³/mol. The van der Waals surface area contributed by atoms with Crippen LogP contribution in [-0.4, -0.2) is 32.0 Å². The Bertz CT molecular complexity index is 1580. The summed E-state index contributed by atoms with van der Waals surface area (Å²) in [5, 5.41) is 12.3. The molecule has 4 aromatic rings. The standard InChI is InChI=1S/C29H28BrClN2O5S/c1-28(2,3)25(35)22-20(13-29(4,5)26(36)37)23(24(34)16-6-8-17(31)9-7-16)33-11-10-19(12-21(22)33)38-14-18-15-39-27(30)32-18/h6-12,15H,13-14H2,1-5H3,(H,36,37). The lowest BCUT2D eigenvalue weighted by molar-refractivity contribution is -0.146. The highest BCUT2D eigenvalue weighted by atomic mass is 79.9. The number of ether oxygens (including phenoxy) is 1. The first-order chi connectivity index (χ1) is 18.2. The summed E-state index contributed by atoms with van der Waals surface area (Å²) >= 11 is 10.8. The molecule has 10 heteroatoms. The highest BCUT2D eigenvalue weighted by Gasteiger charge is 2.37. The van der Waals surface area contributed by atoms with Crippen molar-refractivity contribution in [3.05, 3.63) is 85.0 Å². The fourth-order valence-electron chi connectivity index (χ4n) is 4.18. The van der Waals surface area contributed by atoms with Crippen molar-refractivity contribution in [3.63, 3.8) is 0 Å². The van der Waals surface area contributed by atoms with E-state index in [0.29, 0.717) is 33.0 Å². The number of carboxylic acid groups (broad SMARTS) is 1. The number of aliphatic carboxylic acids is 1. The lowest BCUT2D eigenvalue weighted by Gasteiger charge is -2.22. The van der Waals surface area contributed by atoms with E-state index in [0.717, 1.165) is 9.61 Å². The van der Waals surface area contributed by atoms with Gasteiger partial charge in [0.25, 0.3) is 0 Å². The van der Waals surface area contributed by atoms with Crippen LogP contribution in [0.25, 0.3) is 5.52 Å². The molecule has 7 nitrogen and oxygen atoms in total. The maximum atomic E-state index is 14.0. The van der Waals surface area contributed by atoms with Crippen LogP contribution in [0.4, 0.5) is 0 Å². The van der Waals surface area contributed by atoms with Gasteiger partial charge in [0, 0.05) is 39.2 Å². The van der Waals surface area contributed by atoms with Gasteiger partial charge in [-0.3, -0.25) is 14.4 Å². The number of carbonyl (C=O) groups is 3. The monoisotopic (exact) mass is 630 g/mol. The fraction of sp³-hybridized carbons (Fsp3) is 0.310. The zero-order valence-corrected chi connectivity index (χ0v) is 25.3. The van der Waals surface area contributed by atoms with E-state index in [1.165, 1.54) is 11.3 Å². The molecular formula is C29H28BrClN2O5S. The average molecular weight is 632 g/mol. The van der Waals surface area contributed by atoms with Crippen molar-refractivity contribution in [3.8, 4) is 5.75 Å². The van der Waals surface area contributed by atoms with Crippen molar-refractivity contribution >= 4 is 61.9 Å². The number of hydrogen-bond donors (Lipinski definition) is 1. The Labute approximate surface area is 243 Å². The van der Waals surface area contributed by atoms with Crippen molar-refractivity contribution in [2.24, 2.45) is 10.8 Å².